The molecule has 1 aliphatic rings. The highest BCUT2D eigenvalue weighted by Crippen LogP contribution is 2.29. The zero-order valence-corrected chi connectivity index (χ0v) is 14.2. The van der Waals surface area contributed by atoms with Crippen molar-refractivity contribution in [3.63, 3.8) is 0 Å². The van der Waals surface area contributed by atoms with Crippen LogP contribution in [0.15, 0.2) is 36.4 Å². The summed E-state index contributed by atoms with van der Waals surface area (Å²) < 4.78 is 0. The highest BCUT2D eigenvalue weighted by atomic mass is 35.5. The molecule has 1 aromatic heterocycles. The predicted octanol–water partition coefficient (Wildman–Crippen LogP) is 3.39. The van der Waals surface area contributed by atoms with Crippen molar-refractivity contribution in [1.29, 1.82) is 0 Å². The number of halogens is 1. The fourth-order valence-electron chi connectivity index (χ4n) is 2.56. The van der Waals surface area contributed by atoms with E-state index in [-0.39, 0.29) is 5.91 Å². The van der Waals surface area contributed by atoms with E-state index in [0.717, 1.165) is 41.6 Å². The summed E-state index contributed by atoms with van der Waals surface area (Å²) in [6.45, 7) is 3.61. The zero-order valence-electron chi connectivity index (χ0n) is 12.6. The fraction of sp³-hybridized carbons (Fsp3) is 0.353. The van der Waals surface area contributed by atoms with E-state index in [1.165, 1.54) is 4.88 Å². The summed E-state index contributed by atoms with van der Waals surface area (Å²) >= 11 is 7.60. The molecule has 0 saturated carbocycles. The van der Waals surface area contributed by atoms with Crippen molar-refractivity contribution >= 4 is 28.8 Å². The molecule has 0 unspecified atom stereocenters. The summed E-state index contributed by atoms with van der Waals surface area (Å²) in [6.07, 6.45) is 0.502. The lowest BCUT2D eigenvalue weighted by Gasteiger charge is -2.32. The Bertz CT molecular complexity index is 645. The number of carbonyl (C=O) groups excluding carboxylic acids is 1. The van der Waals surface area contributed by atoms with Gasteiger partial charge in [-0.1, -0.05) is 23.7 Å². The van der Waals surface area contributed by atoms with Crippen LogP contribution in [-0.2, 0) is 11.2 Å². The van der Waals surface area contributed by atoms with Gasteiger partial charge in [-0.3, -0.25) is 4.79 Å². The average molecular weight is 335 g/mol. The number of benzene rings is 1. The van der Waals surface area contributed by atoms with Crippen LogP contribution < -0.4 is 0 Å². The number of hydrogen-bond acceptors (Lipinski definition) is 3. The first-order valence-electron chi connectivity index (χ1n) is 7.43. The lowest BCUT2D eigenvalue weighted by atomic mass is 10.2. The molecule has 3 nitrogen and oxygen atoms in total. The van der Waals surface area contributed by atoms with Crippen LogP contribution in [0.25, 0.3) is 10.4 Å². The number of amides is 1. The zero-order chi connectivity index (χ0) is 15.5. The topological polar surface area (TPSA) is 23.6 Å². The van der Waals surface area contributed by atoms with Gasteiger partial charge >= 0.3 is 0 Å². The van der Waals surface area contributed by atoms with E-state index < -0.39 is 0 Å². The molecule has 0 N–H and O–H groups in total. The van der Waals surface area contributed by atoms with Crippen LogP contribution in [0, 0.1) is 0 Å². The van der Waals surface area contributed by atoms with Gasteiger partial charge in [-0.05, 0) is 36.9 Å². The molecule has 0 atom stereocenters. The number of piperazine rings is 1. The van der Waals surface area contributed by atoms with Crippen LogP contribution in [0.1, 0.15) is 4.88 Å². The van der Waals surface area contributed by atoms with Gasteiger partial charge in [-0.2, -0.15) is 0 Å². The Morgan fingerprint density at radius 1 is 1.09 bits per heavy atom. The monoisotopic (exact) mass is 334 g/mol. The van der Waals surface area contributed by atoms with Crippen molar-refractivity contribution in [3.05, 3.63) is 46.3 Å². The largest absolute Gasteiger partial charge is 0.340 e. The highest BCUT2D eigenvalue weighted by Gasteiger charge is 2.19. The third kappa shape index (κ3) is 3.69. The van der Waals surface area contributed by atoms with Crippen molar-refractivity contribution in [2.75, 3.05) is 33.2 Å². The van der Waals surface area contributed by atoms with Crippen LogP contribution in [0.4, 0.5) is 0 Å². The number of nitrogens with zero attached hydrogens (tertiary/aromatic N) is 2. The van der Waals surface area contributed by atoms with Gasteiger partial charge in [0.1, 0.15) is 0 Å². The highest BCUT2D eigenvalue weighted by molar-refractivity contribution is 7.15. The number of likely N-dealkylation sites (N-methyl/N-ethyl adjacent to an activating group) is 1. The SMILES string of the molecule is CN1CCN(C(=O)Cc2ccc(-c3ccc(Cl)cc3)s2)CC1. The van der Waals surface area contributed by atoms with Crippen LogP contribution >= 0.6 is 22.9 Å². The molecule has 0 bridgehead atoms. The summed E-state index contributed by atoms with van der Waals surface area (Å²) in [6, 6.07) is 12.0. The lowest BCUT2D eigenvalue weighted by molar-refractivity contribution is -0.131. The Morgan fingerprint density at radius 2 is 1.77 bits per heavy atom. The maximum absolute atomic E-state index is 12.4. The molecule has 1 saturated heterocycles. The molecule has 0 aliphatic carbocycles. The first-order valence-corrected chi connectivity index (χ1v) is 8.62. The molecular formula is C17H19ClN2OS. The molecule has 1 fully saturated rings. The Kier molecular flexibility index (Phi) is 4.81. The molecule has 1 amide bonds. The summed E-state index contributed by atoms with van der Waals surface area (Å²) in [5, 5.41) is 0.741. The molecule has 1 aliphatic heterocycles. The smallest absolute Gasteiger partial charge is 0.227 e. The minimum absolute atomic E-state index is 0.234. The fourth-order valence-corrected chi connectivity index (χ4v) is 3.69. The molecule has 5 heteroatoms. The maximum Gasteiger partial charge on any atom is 0.227 e. The molecule has 0 radical (unpaired) electrons. The van der Waals surface area contributed by atoms with Gasteiger partial charge in [0.2, 0.25) is 5.91 Å². The van der Waals surface area contributed by atoms with Crippen molar-refractivity contribution in [2.24, 2.45) is 0 Å². The molecule has 116 valence electrons. The van der Waals surface area contributed by atoms with E-state index in [1.54, 1.807) is 11.3 Å². The van der Waals surface area contributed by atoms with Crippen molar-refractivity contribution in [2.45, 2.75) is 6.42 Å². The van der Waals surface area contributed by atoms with Gasteiger partial charge in [0.15, 0.2) is 0 Å². The van der Waals surface area contributed by atoms with Gasteiger partial charge < -0.3 is 9.80 Å². The van der Waals surface area contributed by atoms with E-state index in [4.69, 9.17) is 11.6 Å². The Hall–Kier alpha value is -1.36. The van der Waals surface area contributed by atoms with E-state index in [9.17, 15) is 4.79 Å². The minimum atomic E-state index is 0.234. The normalized spacial score (nSPS) is 16.0. The Morgan fingerprint density at radius 3 is 2.45 bits per heavy atom. The quantitative estimate of drug-likeness (QED) is 0.859. The first kappa shape index (κ1) is 15.5. The van der Waals surface area contributed by atoms with E-state index >= 15 is 0 Å². The third-order valence-corrected chi connectivity index (χ3v) is 5.36. The summed E-state index contributed by atoms with van der Waals surface area (Å²) in [4.78, 5) is 18.9. The number of thiophene rings is 1. The van der Waals surface area contributed by atoms with Crippen LogP contribution in [0.2, 0.25) is 5.02 Å². The molecule has 1 aromatic carbocycles. The lowest BCUT2D eigenvalue weighted by Crippen LogP contribution is -2.47. The molecule has 2 aromatic rings. The second kappa shape index (κ2) is 6.82. The summed E-state index contributed by atoms with van der Waals surface area (Å²) in [7, 11) is 2.10. The standard InChI is InChI=1S/C17H19ClN2OS/c1-19-8-10-20(11-9-19)17(21)12-15-6-7-16(22-15)13-2-4-14(18)5-3-13/h2-7H,8-12H2,1H3. The van der Waals surface area contributed by atoms with Crippen molar-refractivity contribution in [3.8, 4) is 10.4 Å². The van der Waals surface area contributed by atoms with Crippen LogP contribution in [0.5, 0.6) is 0 Å². The second-order valence-corrected chi connectivity index (χ2v) is 7.24. The van der Waals surface area contributed by atoms with Gasteiger partial charge in [0.05, 0.1) is 6.42 Å². The first-order chi connectivity index (χ1) is 10.6. The van der Waals surface area contributed by atoms with Crippen molar-refractivity contribution in [1.82, 2.24) is 9.80 Å². The number of rotatable bonds is 3. The van der Waals surface area contributed by atoms with Crippen LogP contribution in [0.3, 0.4) is 0 Å². The van der Waals surface area contributed by atoms with E-state index in [2.05, 4.69) is 24.1 Å². The molecule has 3 rings (SSSR count). The predicted molar refractivity (Wildman–Crippen MR) is 92.5 cm³/mol. The van der Waals surface area contributed by atoms with Gasteiger partial charge in [0.25, 0.3) is 0 Å². The maximum atomic E-state index is 12.4. The minimum Gasteiger partial charge on any atom is -0.340 e. The third-order valence-electron chi connectivity index (χ3n) is 3.97. The number of hydrogen-bond donors (Lipinski definition) is 0. The number of carbonyl (C=O) groups is 1. The Labute approximate surface area is 140 Å². The van der Waals surface area contributed by atoms with Crippen LogP contribution in [-0.4, -0.2) is 48.9 Å². The molecule has 0 spiro atoms. The van der Waals surface area contributed by atoms with Gasteiger partial charge in [-0.15, -0.1) is 11.3 Å². The summed E-state index contributed by atoms with van der Waals surface area (Å²) in [5.74, 6) is 0.234. The molecular weight excluding hydrogens is 316 g/mol. The van der Waals surface area contributed by atoms with Gasteiger partial charge in [0, 0.05) is 41.0 Å². The second-order valence-electron chi connectivity index (χ2n) is 5.63. The van der Waals surface area contributed by atoms with E-state index in [1.807, 2.05) is 29.2 Å². The average Bonchev–Trinajstić information content (AvgIpc) is 2.97. The van der Waals surface area contributed by atoms with E-state index in [0.29, 0.717) is 6.42 Å². The van der Waals surface area contributed by atoms with Crippen molar-refractivity contribution < 1.29 is 4.79 Å². The van der Waals surface area contributed by atoms with Gasteiger partial charge in [-0.25, -0.2) is 0 Å². The summed E-state index contributed by atoms with van der Waals surface area (Å²) in [5.41, 5.74) is 1.15. The molecule has 22 heavy (non-hydrogen) atoms. The molecule has 2 heterocycles. The Balaban J connectivity index is 1.64.